The van der Waals surface area contributed by atoms with Gasteiger partial charge in [-0.2, -0.15) is 10.3 Å². The smallest absolute Gasteiger partial charge is 0.207 e. The van der Waals surface area contributed by atoms with Gasteiger partial charge in [0.2, 0.25) is 6.19 Å². The van der Waals surface area contributed by atoms with Crippen LogP contribution in [-0.2, 0) is 6.42 Å². The van der Waals surface area contributed by atoms with Crippen LogP contribution in [0.5, 0.6) is 0 Å². The number of hydrogen-bond acceptors (Lipinski definition) is 2. The lowest BCUT2D eigenvalue weighted by atomic mass is 10.1. The van der Waals surface area contributed by atoms with Crippen molar-refractivity contribution in [2.24, 2.45) is 10.7 Å². The number of rotatable bonds is 2. The molecule has 1 aromatic carbocycles. The van der Waals surface area contributed by atoms with E-state index >= 15 is 0 Å². The molecule has 0 aliphatic rings. The summed E-state index contributed by atoms with van der Waals surface area (Å²) in [4.78, 5) is 3.38. The van der Waals surface area contributed by atoms with Crippen LogP contribution in [0.3, 0.4) is 0 Å². The molecule has 0 saturated heterocycles. The summed E-state index contributed by atoms with van der Waals surface area (Å²) in [6.07, 6.45) is 1.89. The normalized spacial score (nSPS) is 11.1. The van der Waals surface area contributed by atoms with E-state index in [1.165, 1.54) is 0 Å². The Balaban J connectivity index is 2.98. The molecule has 0 bridgehead atoms. The molecule has 0 atom stereocenters. The molecule has 3 nitrogen and oxygen atoms in total. The van der Waals surface area contributed by atoms with Crippen molar-refractivity contribution in [1.82, 2.24) is 0 Å². The lowest BCUT2D eigenvalue weighted by Gasteiger charge is -2.04. The Morgan fingerprint density at radius 1 is 1.43 bits per heavy atom. The predicted octanol–water partition coefficient (Wildman–Crippen LogP) is 2.37. The first-order valence-corrected chi connectivity index (χ1v) is 4.54. The highest BCUT2D eigenvalue weighted by molar-refractivity contribution is 6.36. The summed E-state index contributed by atoms with van der Waals surface area (Å²) in [5, 5.41) is 9.31. The molecule has 0 fully saturated rings. The number of hydrogen-bond donors (Lipinski definition) is 1. The fourth-order valence-electron chi connectivity index (χ4n) is 0.986. The van der Waals surface area contributed by atoms with Crippen LogP contribution in [0.25, 0.3) is 0 Å². The Hall–Kier alpha value is -1.24. The van der Waals surface area contributed by atoms with Crippen LogP contribution in [0.1, 0.15) is 5.56 Å². The van der Waals surface area contributed by atoms with Gasteiger partial charge in [0.1, 0.15) is 5.84 Å². The summed E-state index contributed by atoms with van der Waals surface area (Å²) in [7, 11) is 0. The Morgan fingerprint density at radius 2 is 2.00 bits per heavy atom. The van der Waals surface area contributed by atoms with Crippen LogP contribution in [0.2, 0.25) is 10.0 Å². The van der Waals surface area contributed by atoms with Crippen molar-refractivity contribution in [3.8, 4) is 6.19 Å². The summed E-state index contributed by atoms with van der Waals surface area (Å²) in [5.74, 6) is 0.197. The number of aliphatic imine (C=N–C) groups is 1. The first-order valence-electron chi connectivity index (χ1n) is 3.79. The van der Waals surface area contributed by atoms with Crippen molar-refractivity contribution >= 4 is 29.0 Å². The largest absolute Gasteiger partial charge is 0.386 e. The Bertz CT molecular complexity index is 387. The van der Waals surface area contributed by atoms with Crippen molar-refractivity contribution in [2.45, 2.75) is 6.42 Å². The maximum absolute atomic E-state index is 8.27. The zero-order chi connectivity index (χ0) is 10.6. The molecule has 5 heteroatoms. The lowest BCUT2D eigenvalue weighted by molar-refractivity contribution is 1.27. The Kier molecular flexibility index (Phi) is 3.75. The van der Waals surface area contributed by atoms with E-state index in [1.54, 1.807) is 24.4 Å². The van der Waals surface area contributed by atoms with Gasteiger partial charge in [0.05, 0.1) is 0 Å². The Labute approximate surface area is 91.8 Å². The molecule has 0 aromatic heterocycles. The number of nitrogens with zero attached hydrogens (tertiary/aromatic N) is 2. The molecule has 0 amide bonds. The van der Waals surface area contributed by atoms with Gasteiger partial charge in [0, 0.05) is 16.5 Å². The second kappa shape index (κ2) is 4.85. The molecule has 0 radical (unpaired) electrons. The molecule has 0 spiro atoms. The zero-order valence-electron chi connectivity index (χ0n) is 7.17. The van der Waals surface area contributed by atoms with E-state index in [4.69, 9.17) is 34.2 Å². The number of halogens is 2. The average Bonchev–Trinajstić information content (AvgIpc) is 2.12. The predicted molar refractivity (Wildman–Crippen MR) is 57.4 cm³/mol. The molecule has 0 aliphatic heterocycles. The van der Waals surface area contributed by atoms with Crippen molar-refractivity contribution in [2.75, 3.05) is 0 Å². The SMILES string of the molecule is N#CN=C(N)Cc1c(Cl)cccc1Cl. The standard InChI is InChI=1S/C9H7Cl2N3/c10-7-2-1-3-8(11)6(7)4-9(13)14-5-12/h1-3H,4H2,(H2,13,14). The molecular formula is C9H7Cl2N3. The van der Waals surface area contributed by atoms with Crippen LogP contribution in [-0.4, -0.2) is 5.84 Å². The molecule has 72 valence electrons. The van der Waals surface area contributed by atoms with Gasteiger partial charge in [-0.15, -0.1) is 0 Å². The van der Waals surface area contributed by atoms with Gasteiger partial charge in [-0.05, 0) is 17.7 Å². The molecule has 1 aromatic rings. The first-order chi connectivity index (χ1) is 6.65. The van der Waals surface area contributed by atoms with Gasteiger partial charge in [-0.1, -0.05) is 29.3 Å². The molecule has 1 rings (SSSR count). The minimum Gasteiger partial charge on any atom is -0.386 e. The van der Waals surface area contributed by atoms with Crippen LogP contribution in [0.15, 0.2) is 23.2 Å². The fraction of sp³-hybridized carbons (Fsp3) is 0.111. The summed E-state index contributed by atoms with van der Waals surface area (Å²) >= 11 is 11.8. The number of amidine groups is 1. The summed E-state index contributed by atoms with van der Waals surface area (Å²) in [5.41, 5.74) is 6.15. The van der Waals surface area contributed by atoms with E-state index in [0.717, 1.165) is 0 Å². The summed E-state index contributed by atoms with van der Waals surface area (Å²) in [6.45, 7) is 0. The number of benzene rings is 1. The molecule has 0 unspecified atom stereocenters. The van der Waals surface area contributed by atoms with Crippen LogP contribution >= 0.6 is 23.2 Å². The molecular weight excluding hydrogens is 221 g/mol. The molecule has 2 N–H and O–H groups in total. The Morgan fingerprint density at radius 3 is 2.50 bits per heavy atom. The van der Waals surface area contributed by atoms with Gasteiger partial charge in [0.25, 0.3) is 0 Å². The van der Waals surface area contributed by atoms with E-state index < -0.39 is 0 Å². The second-order valence-electron chi connectivity index (χ2n) is 2.58. The maximum Gasteiger partial charge on any atom is 0.207 e. The summed E-state index contributed by atoms with van der Waals surface area (Å²) < 4.78 is 0. The van der Waals surface area contributed by atoms with Gasteiger partial charge < -0.3 is 5.73 Å². The quantitative estimate of drug-likeness (QED) is 0.479. The first kappa shape index (κ1) is 10.8. The monoisotopic (exact) mass is 227 g/mol. The van der Waals surface area contributed by atoms with Crippen molar-refractivity contribution in [3.05, 3.63) is 33.8 Å². The second-order valence-corrected chi connectivity index (χ2v) is 3.39. The average molecular weight is 228 g/mol. The number of nitrogens with two attached hydrogens (primary N) is 1. The van der Waals surface area contributed by atoms with E-state index in [0.29, 0.717) is 15.6 Å². The van der Waals surface area contributed by atoms with Gasteiger partial charge in [-0.25, -0.2) is 0 Å². The van der Waals surface area contributed by atoms with Crippen molar-refractivity contribution in [3.63, 3.8) is 0 Å². The highest BCUT2D eigenvalue weighted by Gasteiger charge is 2.06. The molecule has 0 heterocycles. The third kappa shape index (κ3) is 2.63. The van der Waals surface area contributed by atoms with Gasteiger partial charge in [-0.3, -0.25) is 0 Å². The van der Waals surface area contributed by atoms with Crippen LogP contribution in [0, 0.1) is 11.5 Å². The van der Waals surface area contributed by atoms with Crippen molar-refractivity contribution < 1.29 is 0 Å². The third-order valence-electron chi connectivity index (χ3n) is 1.61. The molecule has 14 heavy (non-hydrogen) atoms. The molecule has 0 saturated carbocycles. The third-order valence-corrected chi connectivity index (χ3v) is 2.32. The van der Waals surface area contributed by atoms with E-state index in [-0.39, 0.29) is 12.3 Å². The van der Waals surface area contributed by atoms with Crippen LogP contribution < -0.4 is 5.73 Å². The minimum absolute atomic E-state index is 0.197. The highest BCUT2D eigenvalue weighted by Crippen LogP contribution is 2.24. The van der Waals surface area contributed by atoms with Crippen LogP contribution in [0.4, 0.5) is 0 Å². The van der Waals surface area contributed by atoms with E-state index in [1.807, 2.05) is 0 Å². The number of nitriles is 1. The fourth-order valence-corrected chi connectivity index (χ4v) is 1.52. The highest BCUT2D eigenvalue weighted by atomic mass is 35.5. The van der Waals surface area contributed by atoms with Gasteiger partial charge >= 0.3 is 0 Å². The zero-order valence-corrected chi connectivity index (χ0v) is 8.68. The summed E-state index contributed by atoms with van der Waals surface area (Å²) in [6, 6.07) is 5.16. The van der Waals surface area contributed by atoms with Crippen molar-refractivity contribution in [1.29, 1.82) is 5.26 Å². The molecule has 0 aliphatic carbocycles. The van der Waals surface area contributed by atoms with Gasteiger partial charge in [0.15, 0.2) is 0 Å². The maximum atomic E-state index is 8.27. The minimum atomic E-state index is 0.197. The van der Waals surface area contributed by atoms with E-state index in [9.17, 15) is 0 Å². The topological polar surface area (TPSA) is 62.2 Å². The lowest BCUT2D eigenvalue weighted by Crippen LogP contribution is -2.14. The van der Waals surface area contributed by atoms with E-state index in [2.05, 4.69) is 4.99 Å².